The van der Waals surface area contributed by atoms with Crippen molar-refractivity contribution in [3.8, 4) is 0 Å². The molecule has 0 heterocycles. The molecule has 0 bridgehead atoms. The number of phosphoric acid groups is 1. The number of allylic oxidation sites excluding steroid dienone is 8. The van der Waals surface area contributed by atoms with E-state index in [9.17, 15) is 19.4 Å². The Morgan fingerprint density at radius 2 is 0.723 bits per heavy atom. The first-order chi connectivity index (χ1) is 40.5. The molecule has 1 amide bonds. The molecule has 0 aromatic carbocycles. The number of hydrogen-bond donors (Lipinski definition) is 3. The summed E-state index contributed by atoms with van der Waals surface area (Å²) in [5.41, 5.74) is 0. The molecule has 0 rings (SSSR count). The molecular weight excluding hydrogens is 1040 g/mol. The number of aliphatic hydroxyl groups excluding tert-OH is 1. The predicted molar refractivity (Wildman–Crippen MR) is 364 cm³/mol. The van der Waals surface area contributed by atoms with Crippen LogP contribution in [0.25, 0.3) is 0 Å². The van der Waals surface area contributed by atoms with Gasteiger partial charge in [-0.25, -0.2) is 4.57 Å². The Labute approximate surface area is 518 Å². The maximum atomic E-state index is 13.1. The van der Waals surface area contributed by atoms with Crippen LogP contribution in [0, 0.1) is 0 Å². The number of rotatable bonds is 68. The minimum Gasteiger partial charge on any atom is -0.391 e. The summed E-state index contributed by atoms with van der Waals surface area (Å²) in [5.74, 6) is -0.136. The maximum Gasteiger partial charge on any atom is 0.472 e. The number of unbranched alkanes of at least 4 members (excludes halogenated alkanes) is 47. The zero-order chi connectivity index (χ0) is 60.5. The molecule has 3 unspecified atom stereocenters. The van der Waals surface area contributed by atoms with Gasteiger partial charge in [-0.05, 0) is 51.4 Å². The van der Waals surface area contributed by atoms with Gasteiger partial charge in [-0.2, -0.15) is 0 Å². The first-order valence-electron chi connectivity index (χ1n) is 36.5. The average Bonchev–Trinajstić information content (AvgIpc) is 3.50. The first-order valence-corrected chi connectivity index (χ1v) is 38.0. The second-order valence-corrected chi connectivity index (χ2v) is 27.8. The lowest BCUT2D eigenvalue weighted by Gasteiger charge is -2.26. The molecule has 0 aromatic heterocycles. The molecule has 3 atom stereocenters. The van der Waals surface area contributed by atoms with Crippen LogP contribution in [0.3, 0.4) is 0 Å². The van der Waals surface area contributed by atoms with Crippen LogP contribution >= 0.6 is 7.82 Å². The molecule has 0 aliphatic rings. The van der Waals surface area contributed by atoms with Crippen LogP contribution in [0.2, 0.25) is 0 Å². The van der Waals surface area contributed by atoms with Crippen molar-refractivity contribution in [3.05, 3.63) is 48.6 Å². The van der Waals surface area contributed by atoms with E-state index in [2.05, 4.69) is 67.8 Å². The van der Waals surface area contributed by atoms with Crippen molar-refractivity contribution in [1.82, 2.24) is 5.32 Å². The Morgan fingerprint density at radius 1 is 0.422 bits per heavy atom. The number of aliphatic hydroxyl groups is 1. The lowest BCUT2D eigenvalue weighted by Crippen LogP contribution is -2.46. The highest BCUT2D eigenvalue weighted by Crippen LogP contribution is 2.43. The maximum absolute atomic E-state index is 13.1. The van der Waals surface area contributed by atoms with Gasteiger partial charge >= 0.3 is 7.82 Å². The van der Waals surface area contributed by atoms with Crippen molar-refractivity contribution in [2.75, 3.05) is 40.9 Å². The summed E-state index contributed by atoms with van der Waals surface area (Å²) in [7, 11) is 1.64. The van der Waals surface area contributed by atoms with Gasteiger partial charge in [0, 0.05) is 6.42 Å². The first kappa shape index (κ1) is 81.5. The van der Waals surface area contributed by atoms with Crippen molar-refractivity contribution in [3.63, 3.8) is 0 Å². The van der Waals surface area contributed by atoms with Crippen molar-refractivity contribution in [2.45, 2.75) is 379 Å². The Bertz CT molecular complexity index is 1490. The number of quaternary nitrogens is 1. The number of nitrogens with zero attached hydrogens (tertiary/aromatic N) is 1. The van der Waals surface area contributed by atoms with Gasteiger partial charge in [-0.3, -0.25) is 13.8 Å². The van der Waals surface area contributed by atoms with Gasteiger partial charge in [0.05, 0.1) is 39.9 Å². The quantitative estimate of drug-likeness (QED) is 0.0243. The fraction of sp³-hybridized carbons (Fsp3) is 0.878. The smallest absolute Gasteiger partial charge is 0.391 e. The third kappa shape index (κ3) is 67.8. The summed E-state index contributed by atoms with van der Waals surface area (Å²) in [6, 6.07) is -0.760. The summed E-state index contributed by atoms with van der Waals surface area (Å²) in [4.78, 5) is 23.5. The number of hydrogen-bond acceptors (Lipinski definition) is 5. The zero-order valence-corrected chi connectivity index (χ0v) is 57.1. The largest absolute Gasteiger partial charge is 0.472 e. The van der Waals surface area contributed by atoms with Gasteiger partial charge in [-0.1, -0.05) is 358 Å². The SMILES string of the molecule is CC/C=C\C/C=C\C/C=C\C/C=C\CCCCCCCCCCCCCCCCCCCCCCCCCCCCC(=O)NC(COP(=O)(O)OCC[N+](C)(C)C)C(O)CCCCCCCCCCCCCCCCCCCCCCCC. The topological polar surface area (TPSA) is 105 Å². The third-order valence-corrected chi connectivity index (χ3v) is 17.8. The molecule has 9 heteroatoms. The average molecular weight is 1190 g/mol. The third-order valence-electron chi connectivity index (χ3n) is 16.8. The molecule has 0 aliphatic carbocycles. The molecular formula is C74H144N2O6P+. The molecule has 0 fully saturated rings. The van der Waals surface area contributed by atoms with E-state index in [1.54, 1.807) is 0 Å². The summed E-state index contributed by atoms with van der Waals surface area (Å²) in [6.45, 7) is 4.83. The van der Waals surface area contributed by atoms with Gasteiger partial charge in [0.2, 0.25) is 5.91 Å². The number of amides is 1. The molecule has 0 aromatic rings. The second kappa shape index (κ2) is 64.9. The molecule has 83 heavy (non-hydrogen) atoms. The highest BCUT2D eigenvalue weighted by molar-refractivity contribution is 7.47. The van der Waals surface area contributed by atoms with Crippen molar-refractivity contribution in [2.24, 2.45) is 0 Å². The molecule has 0 saturated heterocycles. The fourth-order valence-electron chi connectivity index (χ4n) is 11.2. The summed E-state index contributed by atoms with van der Waals surface area (Å²) in [5, 5.41) is 14.2. The van der Waals surface area contributed by atoms with E-state index in [0.29, 0.717) is 23.9 Å². The Kier molecular flexibility index (Phi) is 63.7. The van der Waals surface area contributed by atoms with Gasteiger partial charge in [0.15, 0.2) is 0 Å². The second-order valence-electron chi connectivity index (χ2n) is 26.3. The number of nitrogens with one attached hydrogen (secondary N) is 1. The lowest BCUT2D eigenvalue weighted by atomic mass is 10.0. The monoisotopic (exact) mass is 1190 g/mol. The molecule has 490 valence electrons. The highest BCUT2D eigenvalue weighted by atomic mass is 31.2. The van der Waals surface area contributed by atoms with E-state index in [4.69, 9.17) is 9.05 Å². The van der Waals surface area contributed by atoms with E-state index in [1.165, 1.54) is 276 Å². The van der Waals surface area contributed by atoms with E-state index in [-0.39, 0.29) is 19.1 Å². The number of carbonyl (C=O) groups excluding carboxylic acids is 1. The van der Waals surface area contributed by atoms with Gasteiger partial charge in [0.25, 0.3) is 0 Å². The predicted octanol–water partition coefficient (Wildman–Crippen LogP) is 23.4. The highest BCUT2D eigenvalue weighted by Gasteiger charge is 2.28. The van der Waals surface area contributed by atoms with Crippen LogP contribution in [-0.4, -0.2) is 73.4 Å². The van der Waals surface area contributed by atoms with Gasteiger partial charge in [-0.15, -0.1) is 0 Å². The zero-order valence-electron chi connectivity index (χ0n) is 56.2. The van der Waals surface area contributed by atoms with Crippen molar-refractivity contribution in [1.29, 1.82) is 0 Å². The fourth-order valence-corrected chi connectivity index (χ4v) is 12.0. The van der Waals surface area contributed by atoms with Crippen molar-refractivity contribution >= 4 is 13.7 Å². The molecule has 0 spiro atoms. The molecule has 0 saturated carbocycles. The summed E-state index contributed by atoms with van der Waals surface area (Å²) < 4.78 is 23.9. The van der Waals surface area contributed by atoms with Crippen LogP contribution in [0.5, 0.6) is 0 Å². The Balaban J connectivity index is 3.90. The van der Waals surface area contributed by atoms with Gasteiger partial charge in [0.1, 0.15) is 13.2 Å². The molecule has 0 aliphatic heterocycles. The minimum atomic E-state index is -4.33. The normalized spacial score (nSPS) is 13.9. The minimum absolute atomic E-state index is 0.0772. The van der Waals surface area contributed by atoms with Crippen LogP contribution in [0.15, 0.2) is 48.6 Å². The van der Waals surface area contributed by atoms with E-state index in [0.717, 1.165) is 64.2 Å². The number of phosphoric ester groups is 1. The van der Waals surface area contributed by atoms with E-state index >= 15 is 0 Å². The number of likely N-dealkylation sites (N-methyl/N-ethyl adjacent to an activating group) is 1. The van der Waals surface area contributed by atoms with Crippen LogP contribution in [-0.2, 0) is 18.4 Å². The lowest BCUT2D eigenvalue weighted by molar-refractivity contribution is -0.870. The van der Waals surface area contributed by atoms with Crippen molar-refractivity contribution < 1.29 is 32.9 Å². The van der Waals surface area contributed by atoms with Crippen LogP contribution in [0.4, 0.5) is 0 Å². The standard InChI is InChI=1S/C74H143N2O6P/c1-6-8-10-12-14-16-18-20-22-24-26-28-30-31-32-33-34-35-36-37-38-39-40-41-42-43-44-45-46-48-50-52-54-56-58-60-62-64-66-68-74(78)75-72(71-82-83(79,80)81-70-69-76(3,4)5)73(77)67-65-63-61-59-57-55-53-51-49-47-29-27-25-23-21-19-17-15-13-11-9-7-2/h8,10,14,16,20,22,26,28,72-73,77H,6-7,9,11-13,15,17-19,21,23-25,27,29-71H2,1-5H3,(H-,75,78,79,80)/p+1/b10-8-,16-14-,22-20-,28-26-. The van der Waals surface area contributed by atoms with E-state index in [1.807, 2.05) is 21.1 Å². The molecule has 3 N–H and O–H groups in total. The van der Waals surface area contributed by atoms with Gasteiger partial charge < -0.3 is 19.8 Å². The Hall–Kier alpha value is -1.54. The van der Waals surface area contributed by atoms with Crippen LogP contribution in [0.1, 0.15) is 367 Å². The van der Waals surface area contributed by atoms with Crippen LogP contribution < -0.4 is 5.32 Å². The number of carbonyl (C=O) groups is 1. The summed E-state index contributed by atoms with van der Waals surface area (Å²) in [6.07, 6.45) is 88.0. The summed E-state index contributed by atoms with van der Waals surface area (Å²) >= 11 is 0. The molecule has 8 nitrogen and oxygen atoms in total. The van der Waals surface area contributed by atoms with E-state index < -0.39 is 20.0 Å². The Morgan fingerprint density at radius 3 is 1.06 bits per heavy atom. The molecule has 0 radical (unpaired) electrons.